The third kappa shape index (κ3) is 3.14. The zero-order valence-electron chi connectivity index (χ0n) is 7.37. The average Bonchev–Trinajstić information content (AvgIpc) is 2.19. The second kappa shape index (κ2) is 5.14. The van der Waals surface area contributed by atoms with E-state index < -0.39 is 11.9 Å². The van der Waals surface area contributed by atoms with Gasteiger partial charge in [0.05, 0.1) is 18.4 Å². The summed E-state index contributed by atoms with van der Waals surface area (Å²) in [5, 5.41) is 20.6. The topological polar surface area (TPSA) is 52.5 Å². The minimum Gasteiger partial charge on any atom is -0.394 e. The number of halogens is 2. The predicted octanol–water partition coefficient (Wildman–Crippen LogP) is 1.24. The molecule has 0 aromatic heterocycles. The van der Waals surface area contributed by atoms with E-state index in [1.807, 2.05) is 0 Å². The van der Waals surface area contributed by atoms with Gasteiger partial charge in [-0.3, -0.25) is 0 Å². The Balaban J connectivity index is 2.62. The highest BCUT2D eigenvalue weighted by Crippen LogP contribution is 2.19. The quantitative estimate of drug-likeness (QED) is 0.714. The Labute approximate surface area is 86.1 Å². The van der Waals surface area contributed by atoms with Gasteiger partial charge in [0, 0.05) is 11.6 Å². The molecule has 1 aromatic carbocycles. The number of rotatable bonds is 4. The first kappa shape index (κ1) is 11.2. The molecule has 0 amide bonds. The number of aliphatic hydroxyl groups excluding tert-OH is 2. The molecular formula is C9H11ClFNO2. The third-order valence-corrected chi connectivity index (χ3v) is 1.90. The van der Waals surface area contributed by atoms with Crippen LogP contribution < -0.4 is 5.32 Å². The highest BCUT2D eigenvalue weighted by atomic mass is 35.5. The fraction of sp³-hybridized carbons (Fsp3) is 0.333. The maximum Gasteiger partial charge on any atom is 0.146 e. The van der Waals surface area contributed by atoms with Crippen molar-refractivity contribution in [3.05, 3.63) is 29.0 Å². The van der Waals surface area contributed by atoms with Crippen LogP contribution in [-0.2, 0) is 0 Å². The van der Waals surface area contributed by atoms with Crippen LogP contribution in [-0.4, -0.2) is 29.5 Å². The summed E-state index contributed by atoms with van der Waals surface area (Å²) < 4.78 is 13.1. The summed E-state index contributed by atoms with van der Waals surface area (Å²) in [6.07, 6.45) is -0.909. The first-order chi connectivity index (χ1) is 6.63. The molecule has 3 nitrogen and oxygen atoms in total. The fourth-order valence-electron chi connectivity index (χ4n) is 0.925. The molecule has 5 heteroatoms. The monoisotopic (exact) mass is 219 g/mol. The van der Waals surface area contributed by atoms with Crippen LogP contribution in [0.25, 0.3) is 0 Å². The zero-order chi connectivity index (χ0) is 10.6. The molecule has 0 saturated carbocycles. The van der Waals surface area contributed by atoms with Gasteiger partial charge in [-0.15, -0.1) is 0 Å². The van der Waals surface area contributed by atoms with Crippen molar-refractivity contribution in [3.63, 3.8) is 0 Å². The summed E-state index contributed by atoms with van der Waals surface area (Å²) in [5.41, 5.74) is 0.213. The van der Waals surface area contributed by atoms with Gasteiger partial charge in [0.1, 0.15) is 5.82 Å². The molecule has 0 bridgehead atoms. The van der Waals surface area contributed by atoms with Gasteiger partial charge in [-0.25, -0.2) is 4.39 Å². The largest absolute Gasteiger partial charge is 0.394 e. The van der Waals surface area contributed by atoms with E-state index in [1.54, 1.807) is 0 Å². The molecule has 0 saturated heterocycles. The van der Waals surface area contributed by atoms with E-state index >= 15 is 0 Å². The summed E-state index contributed by atoms with van der Waals surface area (Å²) in [4.78, 5) is 0. The minimum atomic E-state index is -0.909. The number of hydrogen-bond acceptors (Lipinski definition) is 3. The van der Waals surface area contributed by atoms with Crippen LogP contribution in [0, 0.1) is 5.82 Å². The molecule has 0 aliphatic rings. The highest BCUT2D eigenvalue weighted by molar-refractivity contribution is 6.30. The molecule has 0 radical (unpaired) electrons. The lowest BCUT2D eigenvalue weighted by Crippen LogP contribution is -2.23. The molecule has 78 valence electrons. The van der Waals surface area contributed by atoms with Gasteiger partial charge in [0.15, 0.2) is 0 Å². The van der Waals surface area contributed by atoms with Gasteiger partial charge in [0.25, 0.3) is 0 Å². The molecule has 0 aliphatic heterocycles. The van der Waals surface area contributed by atoms with Crippen LogP contribution in [0.15, 0.2) is 18.2 Å². The number of aliphatic hydroxyl groups is 2. The van der Waals surface area contributed by atoms with Gasteiger partial charge in [-0.1, -0.05) is 11.6 Å². The lowest BCUT2D eigenvalue weighted by Gasteiger charge is -2.10. The Kier molecular flexibility index (Phi) is 4.13. The van der Waals surface area contributed by atoms with Crippen molar-refractivity contribution in [2.75, 3.05) is 18.5 Å². The smallest absolute Gasteiger partial charge is 0.146 e. The Morgan fingerprint density at radius 2 is 2.21 bits per heavy atom. The van der Waals surface area contributed by atoms with E-state index in [4.69, 9.17) is 21.8 Å². The van der Waals surface area contributed by atoms with Gasteiger partial charge in [-0.2, -0.15) is 0 Å². The van der Waals surface area contributed by atoms with E-state index in [1.165, 1.54) is 18.2 Å². The predicted molar refractivity (Wildman–Crippen MR) is 53.0 cm³/mol. The van der Waals surface area contributed by atoms with Gasteiger partial charge < -0.3 is 15.5 Å². The van der Waals surface area contributed by atoms with Gasteiger partial charge in [-0.05, 0) is 18.2 Å². The second-order valence-electron chi connectivity index (χ2n) is 2.84. The van der Waals surface area contributed by atoms with Crippen molar-refractivity contribution in [2.45, 2.75) is 6.10 Å². The van der Waals surface area contributed by atoms with Crippen LogP contribution in [0.2, 0.25) is 5.02 Å². The van der Waals surface area contributed by atoms with E-state index in [-0.39, 0.29) is 18.8 Å². The molecule has 0 aliphatic carbocycles. The van der Waals surface area contributed by atoms with Gasteiger partial charge >= 0.3 is 0 Å². The fourth-order valence-corrected chi connectivity index (χ4v) is 1.10. The SMILES string of the molecule is OCC(O)CNc1cc(Cl)ccc1F. The maximum atomic E-state index is 13.1. The molecular weight excluding hydrogens is 209 g/mol. The zero-order valence-corrected chi connectivity index (χ0v) is 8.13. The molecule has 0 fully saturated rings. The minimum absolute atomic E-state index is 0.0771. The lowest BCUT2D eigenvalue weighted by atomic mass is 10.3. The van der Waals surface area contributed by atoms with Crippen molar-refractivity contribution < 1.29 is 14.6 Å². The normalized spacial score (nSPS) is 12.6. The van der Waals surface area contributed by atoms with Crippen molar-refractivity contribution in [3.8, 4) is 0 Å². The Morgan fingerprint density at radius 1 is 1.50 bits per heavy atom. The number of anilines is 1. The number of nitrogens with one attached hydrogen (secondary N) is 1. The molecule has 14 heavy (non-hydrogen) atoms. The highest BCUT2D eigenvalue weighted by Gasteiger charge is 2.05. The molecule has 1 atom stereocenters. The second-order valence-corrected chi connectivity index (χ2v) is 3.28. The summed E-state index contributed by atoms with van der Waals surface area (Å²) in [7, 11) is 0. The first-order valence-electron chi connectivity index (χ1n) is 4.11. The number of hydrogen-bond donors (Lipinski definition) is 3. The molecule has 0 spiro atoms. The van der Waals surface area contributed by atoms with Crippen molar-refractivity contribution in [1.29, 1.82) is 0 Å². The van der Waals surface area contributed by atoms with Crippen molar-refractivity contribution in [1.82, 2.24) is 0 Å². The molecule has 0 heterocycles. The average molecular weight is 220 g/mol. The summed E-state index contributed by atoms with van der Waals surface area (Å²) >= 11 is 5.65. The number of benzene rings is 1. The maximum absolute atomic E-state index is 13.1. The third-order valence-electron chi connectivity index (χ3n) is 1.67. The summed E-state index contributed by atoms with van der Waals surface area (Å²) in [6, 6.07) is 4.08. The van der Waals surface area contributed by atoms with E-state index in [2.05, 4.69) is 5.32 Å². The van der Waals surface area contributed by atoms with E-state index in [9.17, 15) is 4.39 Å². The molecule has 1 aromatic rings. The van der Waals surface area contributed by atoms with E-state index in [0.717, 1.165) is 0 Å². The summed E-state index contributed by atoms with van der Waals surface area (Å²) in [5.74, 6) is -0.445. The molecule has 3 N–H and O–H groups in total. The molecule has 1 unspecified atom stereocenters. The van der Waals surface area contributed by atoms with Crippen LogP contribution in [0.3, 0.4) is 0 Å². The Hall–Kier alpha value is -0.840. The van der Waals surface area contributed by atoms with Crippen LogP contribution in [0.1, 0.15) is 0 Å². The first-order valence-corrected chi connectivity index (χ1v) is 4.49. The molecule has 1 rings (SSSR count). The standard InChI is InChI=1S/C9H11ClFNO2/c10-6-1-2-8(11)9(3-6)12-4-7(14)5-13/h1-3,7,12-14H,4-5H2. The Bertz CT molecular complexity index is 309. The van der Waals surface area contributed by atoms with Crippen molar-refractivity contribution >= 4 is 17.3 Å². The van der Waals surface area contributed by atoms with Crippen LogP contribution in [0.5, 0.6) is 0 Å². The van der Waals surface area contributed by atoms with Gasteiger partial charge in [0.2, 0.25) is 0 Å². The summed E-state index contributed by atoms with van der Waals surface area (Å²) in [6.45, 7) is -0.289. The Morgan fingerprint density at radius 3 is 2.86 bits per heavy atom. The van der Waals surface area contributed by atoms with Crippen LogP contribution in [0.4, 0.5) is 10.1 Å². The van der Waals surface area contributed by atoms with E-state index in [0.29, 0.717) is 5.02 Å². The lowest BCUT2D eigenvalue weighted by molar-refractivity contribution is 0.105. The van der Waals surface area contributed by atoms with Crippen LogP contribution >= 0.6 is 11.6 Å². The van der Waals surface area contributed by atoms with Crippen molar-refractivity contribution in [2.24, 2.45) is 0 Å².